The molecule has 0 bridgehead atoms. The number of hydrogen-bond donors (Lipinski definition) is 1. The zero-order chi connectivity index (χ0) is 19.1. The molecule has 4 nitrogen and oxygen atoms in total. The van der Waals surface area contributed by atoms with Crippen LogP contribution in [-0.4, -0.2) is 5.78 Å². The predicted molar refractivity (Wildman–Crippen MR) is 111 cm³/mol. The molecule has 1 aromatic carbocycles. The molecule has 27 heavy (non-hydrogen) atoms. The fraction of sp³-hybridized carbons (Fsp3) is 0.238. The topological polar surface area (TPSA) is 70.1 Å². The van der Waals surface area contributed by atoms with Crippen molar-refractivity contribution in [3.63, 3.8) is 0 Å². The second kappa shape index (κ2) is 6.99. The van der Waals surface area contributed by atoms with Crippen LogP contribution < -0.4 is 10.6 Å². The van der Waals surface area contributed by atoms with Gasteiger partial charge < -0.3 is 5.73 Å². The molecular formula is C21H18BrN3OS. The van der Waals surface area contributed by atoms with Gasteiger partial charge >= 0.3 is 0 Å². The quantitative estimate of drug-likeness (QED) is 0.704. The Kier molecular flexibility index (Phi) is 4.67. The van der Waals surface area contributed by atoms with Gasteiger partial charge in [0.05, 0.1) is 17.6 Å². The average molecular weight is 440 g/mol. The monoisotopic (exact) mass is 439 g/mol. The molecule has 6 heteroatoms. The molecule has 0 spiro atoms. The van der Waals surface area contributed by atoms with Crippen LogP contribution >= 0.6 is 27.3 Å². The van der Waals surface area contributed by atoms with Gasteiger partial charge in [-0.15, -0.1) is 11.3 Å². The van der Waals surface area contributed by atoms with Crippen LogP contribution in [0.3, 0.4) is 0 Å². The van der Waals surface area contributed by atoms with Crippen molar-refractivity contribution in [1.29, 1.82) is 5.26 Å². The number of hydrogen-bond acceptors (Lipinski definition) is 5. The van der Waals surface area contributed by atoms with Gasteiger partial charge in [-0.3, -0.25) is 9.69 Å². The first-order valence-electron chi connectivity index (χ1n) is 8.78. The highest BCUT2D eigenvalue weighted by Crippen LogP contribution is 2.47. The van der Waals surface area contributed by atoms with E-state index in [0.29, 0.717) is 17.8 Å². The van der Waals surface area contributed by atoms with Gasteiger partial charge in [-0.05, 0) is 59.5 Å². The second-order valence-electron chi connectivity index (χ2n) is 6.82. The largest absolute Gasteiger partial charge is 0.384 e. The van der Waals surface area contributed by atoms with Gasteiger partial charge in [0.1, 0.15) is 5.82 Å². The van der Waals surface area contributed by atoms with Gasteiger partial charge in [-0.25, -0.2) is 0 Å². The summed E-state index contributed by atoms with van der Waals surface area (Å²) in [5.74, 6) is 0.157. The summed E-state index contributed by atoms with van der Waals surface area (Å²) >= 11 is 5.03. The summed E-state index contributed by atoms with van der Waals surface area (Å²) in [6.45, 7) is 2.02. The number of halogens is 1. The molecule has 2 aliphatic rings. The number of allylic oxidation sites excluding steroid dienone is 3. The Bertz CT molecular complexity index is 1040. The number of anilines is 1. The molecular weight excluding hydrogens is 422 g/mol. The minimum absolute atomic E-state index is 0.115. The number of thiophene rings is 1. The maximum Gasteiger partial charge on any atom is 0.161 e. The summed E-state index contributed by atoms with van der Waals surface area (Å²) in [7, 11) is 0. The van der Waals surface area contributed by atoms with Crippen LogP contribution in [0.4, 0.5) is 5.69 Å². The fourth-order valence-electron chi connectivity index (χ4n) is 3.91. The summed E-state index contributed by atoms with van der Waals surface area (Å²) in [5, 5.41) is 11.9. The molecule has 1 aliphatic heterocycles. The Morgan fingerprint density at radius 1 is 1.33 bits per heavy atom. The van der Waals surface area contributed by atoms with Crippen molar-refractivity contribution >= 4 is 38.7 Å². The van der Waals surface area contributed by atoms with Gasteiger partial charge in [0, 0.05) is 38.1 Å². The van der Waals surface area contributed by atoms with Crippen molar-refractivity contribution in [3.8, 4) is 6.07 Å². The van der Waals surface area contributed by atoms with E-state index in [1.807, 2.05) is 47.5 Å². The minimum Gasteiger partial charge on any atom is -0.384 e. The number of carbonyl (C=O) groups is 1. The van der Waals surface area contributed by atoms with Crippen LogP contribution in [0.25, 0.3) is 0 Å². The molecule has 0 radical (unpaired) electrons. The van der Waals surface area contributed by atoms with Gasteiger partial charge in [0.2, 0.25) is 0 Å². The normalized spacial score (nSPS) is 20.0. The van der Waals surface area contributed by atoms with Crippen LogP contribution in [0.5, 0.6) is 0 Å². The highest BCUT2D eigenvalue weighted by molar-refractivity contribution is 9.10. The predicted octanol–water partition coefficient (Wildman–Crippen LogP) is 5.12. The number of rotatable bonds is 2. The second-order valence-corrected chi connectivity index (χ2v) is 8.68. The van der Waals surface area contributed by atoms with Crippen molar-refractivity contribution in [3.05, 3.63) is 73.3 Å². The summed E-state index contributed by atoms with van der Waals surface area (Å²) in [5.41, 5.74) is 10.6. The average Bonchev–Trinajstić information content (AvgIpc) is 3.07. The lowest BCUT2D eigenvalue weighted by molar-refractivity contribution is -0.116. The number of ketones is 1. The van der Waals surface area contributed by atoms with Gasteiger partial charge in [-0.2, -0.15) is 5.26 Å². The number of benzene rings is 1. The van der Waals surface area contributed by atoms with E-state index in [1.54, 1.807) is 11.3 Å². The molecule has 2 N–H and O–H groups in total. The third kappa shape index (κ3) is 3.01. The van der Waals surface area contributed by atoms with Gasteiger partial charge in [0.25, 0.3) is 0 Å². The molecule has 0 saturated carbocycles. The van der Waals surface area contributed by atoms with Crippen molar-refractivity contribution < 1.29 is 4.79 Å². The Hall–Kier alpha value is -2.36. The first-order valence-corrected chi connectivity index (χ1v) is 10.4. The fourth-order valence-corrected chi connectivity index (χ4v) is 5.47. The zero-order valence-electron chi connectivity index (χ0n) is 14.8. The Balaban J connectivity index is 1.97. The standard InChI is InChI=1S/C21H18BrN3OS/c1-12-4-2-5-14(8-12)25-16-6-3-7-17(26)20(16)19(15(10-23)21(25)24)18-9-13(22)11-27-18/h2,4-5,8-9,11,19H,3,6-7,24H2,1H3/t19-/m1/s1. The molecule has 0 amide bonds. The van der Waals surface area contributed by atoms with Crippen LogP contribution in [0.2, 0.25) is 0 Å². The molecule has 0 fully saturated rings. The van der Waals surface area contributed by atoms with E-state index in [2.05, 4.69) is 22.0 Å². The Labute approximate surface area is 170 Å². The van der Waals surface area contributed by atoms with Crippen molar-refractivity contribution in [2.24, 2.45) is 5.73 Å². The molecule has 4 rings (SSSR count). The number of nitrogens with two attached hydrogens (primary N) is 1. The van der Waals surface area contributed by atoms with E-state index in [-0.39, 0.29) is 11.7 Å². The van der Waals surface area contributed by atoms with Crippen molar-refractivity contribution in [2.45, 2.75) is 32.1 Å². The number of Topliss-reactive ketones (excluding diaryl/α,β-unsaturated/α-hetero) is 1. The maximum absolute atomic E-state index is 13.0. The minimum atomic E-state index is -0.379. The van der Waals surface area contributed by atoms with Crippen molar-refractivity contribution in [1.82, 2.24) is 0 Å². The van der Waals surface area contributed by atoms with Crippen LogP contribution in [0.1, 0.15) is 35.6 Å². The molecule has 2 heterocycles. The molecule has 1 aliphatic carbocycles. The zero-order valence-corrected chi connectivity index (χ0v) is 17.2. The van der Waals surface area contributed by atoms with E-state index in [1.165, 1.54) is 0 Å². The number of nitrogens with zero attached hydrogens (tertiary/aromatic N) is 2. The Morgan fingerprint density at radius 2 is 2.15 bits per heavy atom. The number of nitriles is 1. The van der Waals surface area contributed by atoms with Gasteiger partial charge in [0.15, 0.2) is 5.78 Å². The molecule has 1 aromatic heterocycles. The lowest BCUT2D eigenvalue weighted by atomic mass is 9.78. The lowest BCUT2D eigenvalue weighted by Crippen LogP contribution is -2.38. The van der Waals surface area contributed by atoms with E-state index < -0.39 is 0 Å². The molecule has 0 saturated heterocycles. The smallest absolute Gasteiger partial charge is 0.161 e. The van der Waals surface area contributed by atoms with E-state index >= 15 is 0 Å². The van der Waals surface area contributed by atoms with E-state index in [4.69, 9.17) is 5.73 Å². The first-order chi connectivity index (χ1) is 13.0. The number of aryl methyl sites for hydroxylation is 1. The highest BCUT2D eigenvalue weighted by atomic mass is 79.9. The van der Waals surface area contributed by atoms with Crippen molar-refractivity contribution in [2.75, 3.05) is 4.90 Å². The SMILES string of the molecule is Cc1cccc(N2C(N)=C(C#N)[C@H](c3cc(Br)cs3)C3=C2CCCC3=O)c1. The van der Waals surface area contributed by atoms with E-state index in [9.17, 15) is 10.1 Å². The third-order valence-electron chi connectivity index (χ3n) is 5.05. The molecule has 136 valence electrons. The van der Waals surface area contributed by atoms with Crippen LogP contribution in [0, 0.1) is 18.3 Å². The maximum atomic E-state index is 13.0. The summed E-state index contributed by atoms with van der Waals surface area (Å²) < 4.78 is 0.949. The summed E-state index contributed by atoms with van der Waals surface area (Å²) in [4.78, 5) is 15.8. The molecule has 1 atom stereocenters. The van der Waals surface area contributed by atoms with Crippen LogP contribution in [0.15, 0.2) is 62.8 Å². The summed E-state index contributed by atoms with van der Waals surface area (Å²) in [6.07, 6.45) is 2.09. The van der Waals surface area contributed by atoms with E-state index in [0.717, 1.165) is 44.7 Å². The highest BCUT2D eigenvalue weighted by Gasteiger charge is 2.40. The van der Waals surface area contributed by atoms with Crippen LogP contribution in [-0.2, 0) is 4.79 Å². The third-order valence-corrected chi connectivity index (χ3v) is 6.80. The Morgan fingerprint density at radius 3 is 2.81 bits per heavy atom. The molecule has 2 aromatic rings. The number of carbonyl (C=O) groups excluding carboxylic acids is 1. The summed E-state index contributed by atoms with van der Waals surface area (Å²) in [6, 6.07) is 12.3. The van der Waals surface area contributed by atoms with Gasteiger partial charge in [-0.1, -0.05) is 12.1 Å². The lowest BCUT2D eigenvalue weighted by Gasteiger charge is -2.39. The molecule has 0 unspecified atom stereocenters. The first kappa shape index (κ1) is 18.0.